The van der Waals surface area contributed by atoms with Crippen LogP contribution in [0.15, 0.2) is 12.1 Å². The Morgan fingerprint density at radius 3 is 2.95 bits per heavy atom. The van der Waals surface area contributed by atoms with Crippen LogP contribution in [-0.4, -0.2) is 34.9 Å². The highest BCUT2D eigenvalue weighted by Gasteiger charge is 2.40. The number of pyridine rings is 1. The molecule has 1 aromatic rings. The van der Waals surface area contributed by atoms with Gasteiger partial charge in [-0.3, -0.25) is 4.79 Å². The van der Waals surface area contributed by atoms with Gasteiger partial charge in [-0.2, -0.15) is 0 Å². The van der Waals surface area contributed by atoms with Crippen LogP contribution in [0.2, 0.25) is 0 Å². The average Bonchev–Trinajstić information content (AvgIpc) is 3.06. The van der Waals surface area contributed by atoms with Gasteiger partial charge in [0, 0.05) is 30.4 Å². The minimum absolute atomic E-state index is 0.183. The second kappa shape index (κ2) is 5.43. The number of fused-ring (bicyclic) bond motifs is 2. The highest BCUT2D eigenvalue weighted by atomic mass is 16.2. The molecule has 1 aromatic heterocycles. The first-order chi connectivity index (χ1) is 9.67. The van der Waals surface area contributed by atoms with E-state index in [0.29, 0.717) is 6.04 Å². The molecule has 0 radical (unpaired) electrons. The van der Waals surface area contributed by atoms with E-state index in [9.17, 15) is 4.79 Å². The van der Waals surface area contributed by atoms with E-state index in [0.717, 1.165) is 42.5 Å². The maximum atomic E-state index is 12.7. The molecule has 2 bridgehead atoms. The lowest BCUT2D eigenvalue weighted by Crippen LogP contribution is -2.37. The summed E-state index contributed by atoms with van der Waals surface area (Å²) in [6.45, 7) is 5.90. The molecule has 1 N–H and O–H groups in total. The molecule has 2 aliphatic rings. The molecule has 2 atom stereocenters. The molecule has 3 rings (SSSR count). The van der Waals surface area contributed by atoms with E-state index >= 15 is 0 Å². The van der Waals surface area contributed by atoms with Crippen LogP contribution in [-0.2, 0) is 0 Å². The topological polar surface area (TPSA) is 45.2 Å². The molecular formula is C16H23N3O. The van der Waals surface area contributed by atoms with Crippen LogP contribution in [0.3, 0.4) is 0 Å². The van der Waals surface area contributed by atoms with Gasteiger partial charge in [-0.25, -0.2) is 4.98 Å². The number of nitrogens with one attached hydrogen (secondary N) is 1. The predicted octanol–water partition coefficient (Wildman–Crippen LogP) is 2.84. The summed E-state index contributed by atoms with van der Waals surface area (Å²) in [7, 11) is 0. The van der Waals surface area contributed by atoms with Gasteiger partial charge in [0.25, 0.3) is 5.91 Å². The Hall–Kier alpha value is -1.58. The number of piperidine rings is 1. The fraction of sp³-hybridized carbons (Fsp3) is 0.625. The van der Waals surface area contributed by atoms with Crippen LogP contribution in [0.4, 0.5) is 5.82 Å². The third-order valence-corrected chi connectivity index (χ3v) is 4.43. The Morgan fingerprint density at radius 1 is 1.45 bits per heavy atom. The Balaban J connectivity index is 1.78. The van der Waals surface area contributed by atoms with E-state index in [-0.39, 0.29) is 5.91 Å². The minimum atomic E-state index is 0.183. The van der Waals surface area contributed by atoms with Crippen LogP contribution in [0, 0.1) is 12.8 Å². The Kier molecular flexibility index (Phi) is 3.64. The molecule has 1 aliphatic carbocycles. The first-order valence-electron chi connectivity index (χ1n) is 7.71. The van der Waals surface area contributed by atoms with Gasteiger partial charge in [0.2, 0.25) is 0 Å². The number of likely N-dealkylation sites (tertiary alicyclic amines) is 1. The zero-order chi connectivity index (χ0) is 14.1. The van der Waals surface area contributed by atoms with Gasteiger partial charge in [0.1, 0.15) is 5.82 Å². The third-order valence-electron chi connectivity index (χ3n) is 4.43. The summed E-state index contributed by atoms with van der Waals surface area (Å²) >= 11 is 0. The van der Waals surface area contributed by atoms with Gasteiger partial charge in [0.15, 0.2) is 0 Å². The number of hydrogen-bond acceptors (Lipinski definition) is 3. The van der Waals surface area contributed by atoms with Gasteiger partial charge in [-0.05, 0) is 50.7 Å². The van der Waals surface area contributed by atoms with Gasteiger partial charge < -0.3 is 10.2 Å². The number of carbonyl (C=O) groups excluding carboxylic acids is 1. The summed E-state index contributed by atoms with van der Waals surface area (Å²) < 4.78 is 0. The van der Waals surface area contributed by atoms with Crippen molar-refractivity contribution in [2.45, 2.75) is 45.6 Å². The van der Waals surface area contributed by atoms with E-state index in [4.69, 9.17) is 0 Å². The maximum Gasteiger partial charge on any atom is 0.254 e. The smallest absolute Gasteiger partial charge is 0.254 e. The van der Waals surface area contributed by atoms with Crippen molar-refractivity contribution in [3.63, 3.8) is 0 Å². The van der Waals surface area contributed by atoms with Gasteiger partial charge >= 0.3 is 0 Å². The zero-order valence-corrected chi connectivity index (χ0v) is 12.4. The molecule has 4 nitrogen and oxygen atoms in total. The number of aryl methyl sites for hydroxylation is 1. The van der Waals surface area contributed by atoms with Crippen molar-refractivity contribution in [3.8, 4) is 0 Å². The fourth-order valence-electron chi connectivity index (χ4n) is 3.47. The quantitative estimate of drug-likeness (QED) is 0.917. The second-order valence-electron chi connectivity index (χ2n) is 6.10. The average molecular weight is 273 g/mol. The minimum Gasteiger partial charge on any atom is -0.370 e. The number of rotatable bonds is 4. The number of amides is 1. The van der Waals surface area contributed by atoms with Gasteiger partial charge in [-0.1, -0.05) is 6.92 Å². The first kappa shape index (κ1) is 13.4. The predicted molar refractivity (Wildman–Crippen MR) is 79.9 cm³/mol. The summed E-state index contributed by atoms with van der Waals surface area (Å²) in [5.74, 6) is 1.74. The van der Waals surface area contributed by atoms with Crippen molar-refractivity contribution < 1.29 is 4.79 Å². The van der Waals surface area contributed by atoms with E-state index in [1.807, 2.05) is 19.1 Å². The molecule has 1 amide bonds. The molecule has 0 spiro atoms. The summed E-state index contributed by atoms with van der Waals surface area (Å²) in [4.78, 5) is 19.2. The van der Waals surface area contributed by atoms with Crippen molar-refractivity contribution in [2.75, 3.05) is 18.4 Å². The van der Waals surface area contributed by atoms with Crippen LogP contribution < -0.4 is 5.32 Å². The maximum absolute atomic E-state index is 12.7. The third kappa shape index (κ3) is 2.51. The van der Waals surface area contributed by atoms with E-state index < -0.39 is 0 Å². The number of anilines is 1. The van der Waals surface area contributed by atoms with Crippen LogP contribution >= 0.6 is 0 Å². The number of carbonyl (C=O) groups is 1. The van der Waals surface area contributed by atoms with E-state index in [1.165, 1.54) is 19.3 Å². The van der Waals surface area contributed by atoms with Gasteiger partial charge in [0.05, 0.1) is 0 Å². The number of hydrogen-bond donors (Lipinski definition) is 1. The van der Waals surface area contributed by atoms with E-state index in [1.54, 1.807) is 0 Å². The van der Waals surface area contributed by atoms with Crippen LogP contribution in [0.5, 0.6) is 0 Å². The highest BCUT2D eigenvalue weighted by molar-refractivity contribution is 5.95. The van der Waals surface area contributed by atoms with Crippen LogP contribution in [0.1, 0.15) is 48.7 Å². The van der Waals surface area contributed by atoms with E-state index in [2.05, 4.69) is 22.1 Å². The second-order valence-corrected chi connectivity index (χ2v) is 6.10. The normalized spacial score (nSPS) is 24.2. The Labute approximate surface area is 120 Å². The molecule has 1 saturated carbocycles. The molecule has 2 heterocycles. The molecule has 2 unspecified atom stereocenters. The molecule has 108 valence electrons. The summed E-state index contributed by atoms with van der Waals surface area (Å²) in [6, 6.07) is 4.29. The molecule has 0 aromatic carbocycles. The largest absolute Gasteiger partial charge is 0.370 e. The van der Waals surface area contributed by atoms with Crippen molar-refractivity contribution in [1.29, 1.82) is 0 Å². The van der Waals surface area contributed by atoms with Crippen molar-refractivity contribution in [3.05, 3.63) is 23.4 Å². The molecule has 1 saturated heterocycles. The lowest BCUT2D eigenvalue weighted by Gasteiger charge is -2.27. The fourth-order valence-corrected chi connectivity index (χ4v) is 3.47. The lowest BCUT2D eigenvalue weighted by molar-refractivity contribution is 0.0703. The molecule has 20 heavy (non-hydrogen) atoms. The molecule has 4 heteroatoms. The zero-order valence-electron chi connectivity index (χ0n) is 12.4. The summed E-state index contributed by atoms with van der Waals surface area (Å²) in [5.41, 5.74) is 1.68. The van der Waals surface area contributed by atoms with Crippen molar-refractivity contribution >= 4 is 11.7 Å². The molecule has 2 fully saturated rings. The Morgan fingerprint density at radius 2 is 2.30 bits per heavy atom. The van der Waals surface area contributed by atoms with Gasteiger partial charge in [-0.15, -0.1) is 0 Å². The summed E-state index contributed by atoms with van der Waals surface area (Å²) in [5, 5.41) is 3.27. The highest BCUT2D eigenvalue weighted by Crippen LogP contribution is 2.38. The first-order valence-corrected chi connectivity index (χ1v) is 7.71. The summed E-state index contributed by atoms with van der Waals surface area (Å²) in [6.07, 6.45) is 4.74. The monoisotopic (exact) mass is 273 g/mol. The standard InChI is InChI=1S/C16H23N3O/c1-3-6-17-15-9-13(7-11(2)18-15)16(20)19-10-12-4-5-14(19)8-12/h7,9,12,14H,3-6,8,10H2,1-2H3,(H,17,18). The molecular weight excluding hydrogens is 250 g/mol. The van der Waals surface area contributed by atoms with Crippen molar-refractivity contribution in [2.24, 2.45) is 5.92 Å². The Bertz CT molecular complexity index is 514. The SMILES string of the molecule is CCCNc1cc(C(=O)N2CC3CCC2C3)cc(C)n1. The molecule has 1 aliphatic heterocycles. The van der Waals surface area contributed by atoms with Crippen LogP contribution in [0.25, 0.3) is 0 Å². The lowest BCUT2D eigenvalue weighted by atomic mass is 10.1. The number of aromatic nitrogens is 1. The van der Waals surface area contributed by atoms with Crippen molar-refractivity contribution in [1.82, 2.24) is 9.88 Å². The number of nitrogens with zero attached hydrogens (tertiary/aromatic N) is 2.